The molecule has 0 aliphatic carbocycles. The van der Waals surface area contributed by atoms with Gasteiger partial charge in [-0.15, -0.1) is 0 Å². The van der Waals surface area contributed by atoms with Crippen LogP contribution in [0, 0.1) is 0 Å². The van der Waals surface area contributed by atoms with Crippen LogP contribution >= 0.6 is 34.7 Å². The van der Waals surface area contributed by atoms with Crippen LogP contribution in [0.25, 0.3) is 0 Å². The second-order valence-corrected chi connectivity index (χ2v) is 7.40. The van der Waals surface area contributed by atoms with E-state index in [1.54, 1.807) is 18.2 Å². The van der Waals surface area contributed by atoms with Crippen molar-refractivity contribution in [2.24, 2.45) is 0 Å². The maximum Gasteiger partial charge on any atom is 0.202 e. The number of aromatic nitrogens is 2. The zero-order valence-electron chi connectivity index (χ0n) is 12.0. The van der Waals surface area contributed by atoms with E-state index in [0.717, 1.165) is 5.82 Å². The summed E-state index contributed by atoms with van der Waals surface area (Å²) in [5.41, 5.74) is 0.579. The highest BCUT2D eigenvalue weighted by Crippen LogP contribution is 2.25. The highest BCUT2D eigenvalue weighted by atomic mass is 35.5. The van der Waals surface area contributed by atoms with E-state index in [0.29, 0.717) is 27.3 Å². The third-order valence-corrected chi connectivity index (χ3v) is 3.92. The Morgan fingerprint density at radius 1 is 1.24 bits per heavy atom. The van der Waals surface area contributed by atoms with Gasteiger partial charge in [-0.3, -0.25) is 0 Å². The van der Waals surface area contributed by atoms with Crippen LogP contribution < -0.4 is 5.32 Å². The second-order valence-electron chi connectivity index (χ2n) is 5.77. The van der Waals surface area contributed by atoms with Gasteiger partial charge < -0.3 is 10.4 Å². The monoisotopic (exact) mass is 345 g/mol. The van der Waals surface area contributed by atoms with Gasteiger partial charge in [0.25, 0.3) is 0 Å². The third-order valence-electron chi connectivity index (χ3n) is 2.81. The Morgan fingerprint density at radius 2 is 1.86 bits per heavy atom. The molecule has 114 valence electrons. The summed E-state index contributed by atoms with van der Waals surface area (Å²) in [7, 11) is 0. The number of benzene rings is 1. The predicted molar refractivity (Wildman–Crippen MR) is 88.5 cm³/mol. The van der Waals surface area contributed by atoms with Crippen molar-refractivity contribution >= 4 is 39.9 Å². The first-order valence-electron chi connectivity index (χ1n) is 6.48. The smallest absolute Gasteiger partial charge is 0.202 e. The van der Waals surface area contributed by atoms with Crippen molar-refractivity contribution in [1.82, 2.24) is 9.36 Å². The van der Waals surface area contributed by atoms with E-state index < -0.39 is 6.10 Å². The molecule has 4 nitrogen and oxygen atoms in total. The summed E-state index contributed by atoms with van der Waals surface area (Å²) < 4.78 is 4.31. The summed E-state index contributed by atoms with van der Waals surface area (Å²) in [6.07, 6.45) is -0.719. The van der Waals surface area contributed by atoms with Gasteiger partial charge in [0, 0.05) is 33.5 Å². The molecule has 0 bridgehead atoms. The molecule has 2 aromatic rings. The van der Waals surface area contributed by atoms with Gasteiger partial charge >= 0.3 is 0 Å². The van der Waals surface area contributed by atoms with Crippen molar-refractivity contribution in [3.63, 3.8) is 0 Å². The fourth-order valence-corrected chi connectivity index (χ4v) is 2.98. The molecule has 0 aliphatic rings. The Balaban J connectivity index is 2.00. The van der Waals surface area contributed by atoms with Crippen molar-refractivity contribution in [2.75, 3.05) is 11.9 Å². The molecule has 0 saturated heterocycles. The summed E-state index contributed by atoms with van der Waals surface area (Å²) >= 11 is 13.1. The lowest BCUT2D eigenvalue weighted by Gasteiger charge is -2.13. The van der Waals surface area contributed by atoms with Gasteiger partial charge in [-0.25, -0.2) is 4.98 Å². The lowest BCUT2D eigenvalue weighted by molar-refractivity contribution is 0.191. The maximum absolute atomic E-state index is 10.2. The van der Waals surface area contributed by atoms with E-state index >= 15 is 0 Å². The molecule has 1 aromatic heterocycles. The molecule has 0 saturated carbocycles. The van der Waals surface area contributed by atoms with Crippen molar-refractivity contribution in [3.8, 4) is 0 Å². The van der Waals surface area contributed by atoms with Gasteiger partial charge in [-0.05, 0) is 23.8 Å². The minimum atomic E-state index is -0.719. The lowest BCUT2D eigenvalue weighted by atomic mass is 9.96. The van der Waals surface area contributed by atoms with Crippen molar-refractivity contribution in [1.29, 1.82) is 0 Å². The van der Waals surface area contributed by atoms with Crippen LogP contribution in [-0.4, -0.2) is 21.0 Å². The van der Waals surface area contributed by atoms with Crippen LogP contribution in [0.3, 0.4) is 0 Å². The number of aliphatic hydroxyl groups is 1. The van der Waals surface area contributed by atoms with Gasteiger partial charge in [0.1, 0.15) is 5.82 Å². The quantitative estimate of drug-likeness (QED) is 0.867. The standard InChI is InChI=1S/C14H17Cl2N3OS/c1-14(2,3)12-18-13(21-19-12)17-7-11(20)8-4-9(15)6-10(16)5-8/h4-6,11,20H,7H2,1-3H3,(H,17,18,19). The van der Waals surface area contributed by atoms with E-state index in [1.807, 2.05) is 0 Å². The van der Waals surface area contributed by atoms with Gasteiger partial charge in [0.2, 0.25) is 5.13 Å². The molecule has 0 radical (unpaired) electrons. The average molecular weight is 346 g/mol. The number of halogens is 2. The van der Waals surface area contributed by atoms with E-state index in [1.165, 1.54) is 11.5 Å². The van der Waals surface area contributed by atoms with E-state index in [9.17, 15) is 5.11 Å². The zero-order valence-corrected chi connectivity index (χ0v) is 14.4. The highest BCUT2D eigenvalue weighted by Gasteiger charge is 2.19. The fraction of sp³-hybridized carbons (Fsp3) is 0.429. The van der Waals surface area contributed by atoms with Gasteiger partial charge in [-0.1, -0.05) is 44.0 Å². The number of rotatable bonds is 4. The van der Waals surface area contributed by atoms with Crippen molar-refractivity contribution in [2.45, 2.75) is 32.3 Å². The first kappa shape index (κ1) is 16.5. The second kappa shape index (κ2) is 6.48. The third kappa shape index (κ3) is 4.54. The number of aliphatic hydroxyl groups excluding tert-OH is 1. The molecule has 0 aliphatic heterocycles. The van der Waals surface area contributed by atoms with Crippen molar-refractivity contribution < 1.29 is 5.11 Å². The number of nitrogens with zero attached hydrogens (tertiary/aromatic N) is 2. The minimum absolute atomic E-state index is 0.0878. The van der Waals surface area contributed by atoms with E-state index in [2.05, 4.69) is 35.4 Å². The normalized spacial score (nSPS) is 13.2. The van der Waals surface area contributed by atoms with Gasteiger partial charge in [0.05, 0.1) is 6.10 Å². The summed E-state index contributed by atoms with van der Waals surface area (Å²) in [4.78, 5) is 4.42. The Kier molecular flexibility index (Phi) is 5.09. The number of anilines is 1. The van der Waals surface area contributed by atoms with Crippen LogP contribution in [0.2, 0.25) is 10.0 Å². The number of hydrogen-bond donors (Lipinski definition) is 2. The van der Waals surface area contributed by atoms with Crippen LogP contribution in [0.5, 0.6) is 0 Å². The highest BCUT2D eigenvalue weighted by molar-refractivity contribution is 7.09. The summed E-state index contributed by atoms with van der Waals surface area (Å²) in [5, 5.41) is 14.9. The first-order chi connectivity index (χ1) is 9.75. The summed E-state index contributed by atoms with van der Waals surface area (Å²) in [5.74, 6) is 0.787. The van der Waals surface area contributed by atoms with Crippen molar-refractivity contribution in [3.05, 3.63) is 39.6 Å². The summed E-state index contributed by atoms with van der Waals surface area (Å²) in [6.45, 7) is 6.49. The maximum atomic E-state index is 10.2. The molecule has 1 heterocycles. The lowest BCUT2D eigenvalue weighted by Crippen LogP contribution is -2.14. The molecule has 0 fully saturated rings. The molecule has 0 amide bonds. The molecule has 0 spiro atoms. The molecule has 1 atom stereocenters. The number of hydrogen-bond acceptors (Lipinski definition) is 5. The molecular weight excluding hydrogens is 329 g/mol. The fourth-order valence-electron chi connectivity index (χ4n) is 1.67. The number of nitrogens with one attached hydrogen (secondary N) is 1. The first-order valence-corrected chi connectivity index (χ1v) is 8.01. The Hall–Kier alpha value is -0.880. The molecule has 1 unspecified atom stereocenters. The molecule has 2 N–H and O–H groups in total. The predicted octanol–water partition coefficient (Wildman–Crippen LogP) is 4.29. The molecule has 2 rings (SSSR count). The summed E-state index contributed by atoms with van der Waals surface area (Å²) in [6, 6.07) is 5.02. The average Bonchev–Trinajstić information content (AvgIpc) is 2.83. The van der Waals surface area contributed by atoms with Gasteiger partial charge in [0.15, 0.2) is 0 Å². The van der Waals surface area contributed by atoms with Crippen LogP contribution in [-0.2, 0) is 5.41 Å². The van der Waals surface area contributed by atoms with Crippen LogP contribution in [0.4, 0.5) is 5.13 Å². The minimum Gasteiger partial charge on any atom is -0.387 e. The molecule has 1 aromatic carbocycles. The zero-order chi connectivity index (χ0) is 15.6. The topological polar surface area (TPSA) is 58.0 Å². The Morgan fingerprint density at radius 3 is 2.38 bits per heavy atom. The Bertz CT molecular complexity index is 605. The SMILES string of the molecule is CC(C)(C)c1nsc(NCC(O)c2cc(Cl)cc(Cl)c2)n1. The molecular formula is C14H17Cl2N3OS. The van der Waals surface area contributed by atoms with Crippen LogP contribution in [0.1, 0.15) is 38.3 Å². The van der Waals surface area contributed by atoms with E-state index in [4.69, 9.17) is 23.2 Å². The van der Waals surface area contributed by atoms with Crippen LogP contribution in [0.15, 0.2) is 18.2 Å². The largest absolute Gasteiger partial charge is 0.387 e. The Labute approximate surface area is 138 Å². The van der Waals surface area contributed by atoms with Gasteiger partial charge in [-0.2, -0.15) is 4.37 Å². The molecule has 7 heteroatoms. The molecule has 21 heavy (non-hydrogen) atoms. The van der Waals surface area contributed by atoms with E-state index in [-0.39, 0.29) is 5.41 Å².